The zero-order valence-corrected chi connectivity index (χ0v) is 13.7. The minimum Gasteiger partial charge on any atom is -0.345 e. The number of carbonyl (C=O) groups excluding carboxylic acids is 3. The lowest BCUT2D eigenvalue weighted by Gasteiger charge is -2.16. The van der Waals surface area contributed by atoms with Gasteiger partial charge in [0, 0.05) is 18.8 Å². The monoisotopic (exact) mass is 311 g/mol. The Morgan fingerprint density at radius 1 is 1.26 bits per heavy atom. The van der Waals surface area contributed by atoms with Gasteiger partial charge in [-0.3, -0.25) is 14.4 Å². The molecule has 1 aliphatic carbocycles. The third kappa shape index (κ3) is 3.50. The summed E-state index contributed by atoms with van der Waals surface area (Å²) in [5.41, 5.74) is 3.81. The maximum atomic E-state index is 12.7. The zero-order valence-electron chi connectivity index (χ0n) is 13.7. The van der Waals surface area contributed by atoms with E-state index >= 15 is 0 Å². The quantitative estimate of drug-likeness (QED) is 0.683. The highest BCUT2D eigenvalue weighted by Crippen LogP contribution is 2.37. The molecule has 0 heterocycles. The molecule has 120 valence electrons. The Bertz CT molecular complexity index is 689. The molecule has 0 aliphatic heterocycles. The van der Waals surface area contributed by atoms with Crippen LogP contribution in [0.5, 0.6) is 0 Å². The highest BCUT2D eigenvalue weighted by molar-refractivity contribution is 6.15. The summed E-state index contributed by atoms with van der Waals surface area (Å²) in [4.78, 5) is 36.8. The fourth-order valence-corrected chi connectivity index (χ4v) is 3.42. The van der Waals surface area contributed by atoms with Crippen LogP contribution in [0.15, 0.2) is 12.1 Å². The largest absolute Gasteiger partial charge is 0.345 e. The number of hydrogen-bond donors (Lipinski definition) is 1. The number of Topliss-reactive ketones (excluding diaryl/α,β-unsaturated/α-hetero) is 2. The molecule has 0 radical (unpaired) electrons. The van der Waals surface area contributed by atoms with Crippen molar-refractivity contribution in [2.75, 3.05) is 6.54 Å². The van der Waals surface area contributed by atoms with E-state index in [1.165, 1.54) is 0 Å². The normalized spacial score (nSPS) is 20.4. The summed E-state index contributed by atoms with van der Waals surface area (Å²) in [5.74, 6) is 0.494. The van der Waals surface area contributed by atoms with Gasteiger partial charge < -0.3 is 5.32 Å². The number of rotatable bonds is 4. The molecule has 4 heteroatoms. The van der Waals surface area contributed by atoms with E-state index < -0.39 is 11.8 Å². The van der Waals surface area contributed by atoms with E-state index in [0.29, 0.717) is 0 Å². The van der Waals surface area contributed by atoms with Crippen LogP contribution in [-0.2, 0) is 14.4 Å². The number of aryl methyl sites for hydroxylation is 3. The molecule has 23 heavy (non-hydrogen) atoms. The Balaban J connectivity index is 2.23. The van der Waals surface area contributed by atoms with Crippen molar-refractivity contribution < 1.29 is 14.4 Å². The van der Waals surface area contributed by atoms with Crippen molar-refractivity contribution in [2.45, 2.75) is 39.5 Å². The molecular weight excluding hydrogens is 290 g/mol. The summed E-state index contributed by atoms with van der Waals surface area (Å²) in [6, 6.07) is 3.96. The van der Waals surface area contributed by atoms with Crippen molar-refractivity contribution >= 4 is 17.5 Å². The molecule has 1 N–H and O–H groups in total. The summed E-state index contributed by atoms with van der Waals surface area (Å²) >= 11 is 0. The summed E-state index contributed by atoms with van der Waals surface area (Å²) in [7, 11) is 0. The van der Waals surface area contributed by atoms with Gasteiger partial charge in [0.1, 0.15) is 11.7 Å². The fourth-order valence-electron chi connectivity index (χ4n) is 3.42. The maximum Gasteiger partial charge on any atom is 0.221 e. The molecule has 0 spiro atoms. The van der Waals surface area contributed by atoms with Crippen LogP contribution in [0.25, 0.3) is 0 Å². The van der Waals surface area contributed by atoms with Crippen LogP contribution in [0.1, 0.15) is 41.0 Å². The first-order valence-electron chi connectivity index (χ1n) is 7.69. The molecule has 2 unspecified atom stereocenters. The van der Waals surface area contributed by atoms with Crippen molar-refractivity contribution in [1.29, 1.82) is 0 Å². The molecule has 1 aromatic carbocycles. The van der Waals surface area contributed by atoms with Crippen molar-refractivity contribution in [3.8, 4) is 12.3 Å². The van der Waals surface area contributed by atoms with E-state index in [1.807, 2.05) is 32.9 Å². The first kappa shape index (κ1) is 17.0. The lowest BCUT2D eigenvalue weighted by atomic mass is 9.86. The summed E-state index contributed by atoms with van der Waals surface area (Å²) in [5, 5.41) is 2.54. The lowest BCUT2D eigenvalue weighted by Crippen LogP contribution is -2.27. The van der Waals surface area contributed by atoms with Crippen molar-refractivity contribution in [3.63, 3.8) is 0 Å². The van der Waals surface area contributed by atoms with Crippen LogP contribution in [0.4, 0.5) is 0 Å². The van der Waals surface area contributed by atoms with E-state index in [9.17, 15) is 14.4 Å². The van der Waals surface area contributed by atoms with Crippen molar-refractivity contribution in [2.24, 2.45) is 5.92 Å². The minimum atomic E-state index is -0.735. The average Bonchev–Trinajstić information content (AvgIpc) is 2.72. The molecule has 1 saturated carbocycles. The van der Waals surface area contributed by atoms with Gasteiger partial charge in [-0.05, 0) is 37.5 Å². The molecule has 0 saturated heterocycles. The van der Waals surface area contributed by atoms with Crippen LogP contribution in [-0.4, -0.2) is 24.0 Å². The Morgan fingerprint density at radius 3 is 2.43 bits per heavy atom. The first-order chi connectivity index (χ1) is 10.8. The molecule has 2 rings (SSSR count). The standard InChI is InChI=1S/C19H21NO3/c1-5-6-20-16(22)10-14-9-15(21)18(19(14)23)17-12(3)7-11(2)8-13(17)4/h1,7-8,14,18H,6,9-10H2,2-4H3,(H,20,22). The number of benzene rings is 1. The van der Waals surface area contributed by atoms with Gasteiger partial charge in [-0.15, -0.1) is 6.42 Å². The van der Waals surface area contributed by atoms with Gasteiger partial charge in [0.05, 0.1) is 6.54 Å². The van der Waals surface area contributed by atoms with E-state index in [-0.39, 0.29) is 36.9 Å². The summed E-state index contributed by atoms with van der Waals surface area (Å²) < 4.78 is 0. The second kappa shape index (κ2) is 6.78. The van der Waals surface area contributed by atoms with Gasteiger partial charge in [-0.25, -0.2) is 0 Å². The fraction of sp³-hybridized carbons (Fsp3) is 0.421. The third-order valence-electron chi connectivity index (χ3n) is 4.30. The summed E-state index contributed by atoms with van der Waals surface area (Å²) in [6.45, 7) is 5.96. The molecule has 4 nitrogen and oxygen atoms in total. The van der Waals surface area contributed by atoms with Gasteiger partial charge in [0.25, 0.3) is 0 Å². The second-order valence-corrected chi connectivity index (χ2v) is 6.20. The van der Waals surface area contributed by atoms with Gasteiger partial charge in [0.2, 0.25) is 5.91 Å². The van der Waals surface area contributed by atoms with E-state index in [1.54, 1.807) is 0 Å². The SMILES string of the molecule is C#CCNC(=O)CC1CC(=O)C(c2c(C)cc(C)cc2C)C1=O. The predicted octanol–water partition coefficient (Wildman–Crippen LogP) is 1.99. The molecule has 1 aliphatic rings. The minimum absolute atomic E-state index is 0.0205. The van der Waals surface area contributed by atoms with E-state index in [2.05, 4.69) is 11.2 Å². The number of ketones is 2. The molecule has 1 aromatic rings. The van der Waals surface area contributed by atoms with Crippen LogP contribution < -0.4 is 5.32 Å². The third-order valence-corrected chi connectivity index (χ3v) is 4.30. The smallest absolute Gasteiger partial charge is 0.221 e. The Hall–Kier alpha value is -2.41. The number of carbonyl (C=O) groups is 3. The van der Waals surface area contributed by atoms with Gasteiger partial charge in [0.15, 0.2) is 5.78 Å². The van der Waals surface area contributed by atoms with E-state index in [0.717, 1.165) is 22.3 Å². The van der Waals surface area contributed by atoms with E-state index in [4.69, 9.17) is 6.42 Å². The summed E-state index contributed by atoms with van der Waals surface area (Å²) in [6.07, 6.45) is 5.24. The van der Waals surface area contributed by atoms with Crippen LogP contribution >= 0.6 is 0 Å². The molecule has 0 bridgehead atoms. The second-order valence-electron chi connectivity index (χ2n) is 6.20. The number of amides is 1. The molecule has 2 atom stereocenters. The Labute approximate surface area is 136 Å². The molecule has 1 amide bonds. The van der Waals surface area contributed by atoms with Gasteiger partial charge in [-0.1, -0.05) is 23.6 Å². The highest BCUT2D eigenvalue weighted by Gasteiger charge is 2.43. The zero-order chi connectivity index (χ0) is 17.1. The van der Waals surface area contributed by atoms with Crippen LogP contribution in [0.2, 0.25) is 0 Å². The topological polar surface area (TPSA) is 63.2 Å². The van der Waals surface area contributed by atoms with Gasteiger partial charge >= 0.3 is 0 Å². The van der Waals surface area contributed by atoms with Crippen LogP contribution in [0.3, 0.4) is 0 Å². The number of nitrogens with one attached hydrogen (secondary N) is 1. The molecular formula is C19H21NO3. The first-order valence-corrected chi connectivity index (χ1v) is 7.69. The molecule has 0 aromatic heterocycles. The average molecular weight is 311 g/mol. The number of terminal acetylenes is 1. The Morgan fingerprint density at radius 2 is 1.87 bits per heavy atom. The van der Waals surface area contributed by atoms with Gasteiger partial charge in [-0.2, -0.15) is 0 Å². The highest BCUT2D eigenvalue weighted by atomic mass is 16.2. The lowest BCUT2D eigenvalue weighted by molar-refractivity contribution is -0.128. The molecule has 1 fully saturated rings. The van der Waals surface area contributed by atoms with Crippen LogP contribution in [0, 0.1) is 39.0 Å². The number of hydrogen-bond acceptors (Lipinski definition) is 3. The predicted molar refractivity (Wildman–Crippen MR) is 88.0 cm³/mol. The van der Waals surface area contributed by atoms with Crippen molar-refractivity contribution in [3.05, 3.63) is 34.4 Å². The Kier molecular flexibility index (Phi) is 5.00. The maximum absolute atomic E-state index is 12.7. The van der Waals surface area contributed by atoms with Crippen molar-refractivity contribution in [1.82, 2.24) is 5.32 Å².